The Kier molecular flexibility index (Phi) is 4.85. The summed E-state index contributed by atoms with van der Waals surface area (Å²) in [5, 5.41) is 12.8. The predicted octanol–water partition coefficient (Wildman–Crippen LogP) is 2.99. The fourth-order valence-corrected chi connectivity index (χ4v) is 2.27. The van der Waals surface area contributed by atoms with Gasteiger partial charge < -0.3 is 19.3 Å². The molecule has 0 aliphatic rings. The maximum absolute atomic E-state index is 12.1. The van der Waals surface area contributed by atoms with E-state index in [2.05, 4.69) is 5.32 Å². The van der Waals surface area contributed by atoms with Gasteiger partial charge >= 0.3 is 0 Å². The van der Waals surface area contributed by atoms with Crippen molar-refractivity contribution in [3.05, 3.63) is 47.3 Å². The summed E-state index contributed by atoms with van der Waals surface area (Å²) in [7, 11) is 0. The van der Waals surface area contributed by atoms with Gasteiger partial charge in [0.2, 0.25) is 0 Å². The molecular formula is C16H21NO4. The Balaban J connectivity index is 1.92. The van der Waals surface area contributed by atoms with Crippen LogP contribution in [-0.4, -0.2) is 17.1 Å². The summed E-state index contributed by atoms with van der Waals surface area (Å²) in [6, 6.07) is 4.97. The number of nitrogens with one attached hydrogen (secondary N) is 1. The van der Waals surface area contributed by atoms with Gasteiger partial charge in [-0.1, -0.05) is 6.92 Å². The molecule has 0 saturated heterocycles. The quantitative estimate of drug-likeness (QED) is 0.858. The Morgan fingerprint density at radius 1 is 1.48 bits per heavy atom. The summed E-state index contributed by atoms with van der Waals surface area (Å²) in [6.45, 7) is 5.74. The Morgan fingerprint density at radius 2 is 2.24 bits per heavy atom. The van der Waals surface area contributed by atoms with Gasteiger partial charge in [0, 0.05) is 18.9 Å². The second-order valence-electron chi connectivity index (χ2n) is 5.21. The lowest BCUT2D eigenvalue weighted by molar-refractivity contribution is 0.0875. The van der Waals surface area contributed by atoms with Crippen molar-refractivity contribution in [2.45, 2.75) is 45.8 Å². The zero-order chi connectivity index (χ0) is 15.4. The van der Waals surface area contributed by atoms with Crippen LogP contribution in [0.3, 0.4) is 0 Å². The van der Waals surface area contributed by atoms with Crippen LogP contribution in [0.5, 0.6) is 0 Å². The average Bonchev–Trinajstić information content (AvgIpc) is 3.07. The van der Waals surface area contributed by atoms with Crippen LogP contribution in [-0.2, 0) is 6.42 Å². The molecule has 0 aromatic carbocycles. The fraction of sp³-hybridized carbons (Fsp3) is 0.438. The maximum atomic E-state index is 12.1. The summed E-state index contributed by atoms with van der Waals surface area (Å²) in [4.78, 5) is 12.1. The van der Waals surface area contributed by atoms with E-state index in [1.54, 1.807) is 18.2 Å². The molecule has 5 heteroatoms. The normalized spacial score (nSPS) is 13.9. The predicted molar refractivity (Wildman–Crippen MR) is 78.0 cm³/mol. The number of furan rings is 2. The number of rotatable bonds is 6. The molecule has 0 spiro atoms. The van der Waals surface area contributed by atoms with E-state index in [1.165, 1.54) is 6.26 Å². The van der Waals surface area contributed by atoms with Crippen molar-refractivity contribution >= 4 is 5.91 Å². The van der Waals surface area contributed by atoms with Crippen LogP contribution in [0.25, 0.3) is 0 Å². The Bertz CT molecular complexity index is 585. The third-order valence-corrected chi connectivity index (χ3v) is 3.39. The number of hydrogen-bond donors (Lipinski definition) is 2. The van der Waals surface area contributed by atoms with Crippen LogP contribution in [0.4, 0.5) is 0 Å². The molecule has 2 aromatic heterocycles. The van der Waals surface area contributed by atoms with Crippen LogP contribution in [0.2, 0.25) is 0 Å². The zero-order valence-electron chi connectivity index (χ0n) is 12.6. The van der Waals surface area contributed by atoms with E-state index in [4.69, 9.17) is 8.83 Å². The summed E-state index contributed by atoms with van der Waals surface area (Å²) < 4.78 is 10.6. The standard InChI is InChI=1S/C16H21NO4/c1-4-13-10(2)8-15(21-13)16(19)17-11(3)9-12(18)14-6-5-7-20-14/h5-8,11-12,18H,4,9H2,1-3H3,(H,17,19). The van der Waals surface area contributed by atoms with Gasteiger partial charge in [0.05, 0.1) is 6.26 Å². The number of carbonyl (C=O) groups excluding carboxylic acids is 1. The minimum atomic E-state index is -0.736. The van der Waals surface area contributed by atoms with Gasteiger partial charge in [-0.15, -0.1) is 0 Å². The molecule has 2 aromatic rings. The van der Waals surface area contributed by atoms with Crippen molar-refractivity contribution < 1.29 is 18.7 Å². The fourth-order valence-electron chi connectivity index (χ4n) is 2.27. The zero-order valence-corrected chi connectivity index (χ0v) is 12.6. The third kappa shape index (κ3) is 3.76. The topological polar surface area (TPSA) is 75.6 Å². The second-order valence-corrected chi connectivity index (χ2v) is 5.21. The van der Waals surface area contributed by atoms with Gasteiger partial charge in [-0.3, -0.25) is 4.79 Å². The number of aliphatic hydroxyl groups excluding tert-OH is 1. The van der Waals surface area contributed by atoms with Crippen molar-refractivity contribution in [2.24, 2.45) is 0 Å². The molecule has 21 heavy (non-hydrogen) atoms. The molecule has 0 bridgehead atoms. The molecule has 2 atom stereocenters. The lowest BCUT2D eigenvalue weighted by atomic mass is 10.1. The van der Waals surface area contributed by atoms with Crippen molar-refractivity contribution in [3.8, 4) is 0 Å². The van der Waals surface area contributed by atoms with Crippen LogP contribution >= 0.6 is 0 Å². The van der Waals surface area contributed by atoms with E-state index in [0.717, 1.165) is 17.7 Å². The molecule has 0 aliphatic carbocycles. The molecule has 2 unspecified atom stereocenters. The summed E-state index contributed by atoms with van der Waals surface area (Å²) in [5.41, 5.74) is 0.978. The molecule has 2 heterocycles. The first-order valence-corrected chi connectivity index (χ1v) is 7.12. The molecule has 2 N–H and O–H groups in total. The summed E-state index contributed by atoms with van der Waals surface area (Å²) in [5.74, 6) is 1.36. The molecular weight excluding hydrogens is 270 g/mol. The second kappa shape index (κ2) is 6.63. The molecule has 5 nitrogen and oxygen atoms in total. The number of aliphatic hydroxyl groups is 1. The highest BCUT2D eigenvalue weighted by atomic mass is 16.4. The lowest BCUT2D eigenvalue weighted by Crippen LogP contribution is -2.33. The van der Waals surface area contributed by atoms with E-state index in [-0.39, 0.29) is 11.9 Å². The first-order valence-electron chi connectivity index (χ1n) is 7.12. The van der Waals surface area contributed by atoms with Gasteiger partial charge in [-0.2, -0.15) is 0 Å². The maximum Gasteiger partial charge on any atom is 0.287 e. The number of hydrogen-bond acceptors (Lipinski definition) is 4. The van der Waals surface area contributed by atoms with Crippen molar-refractivity contribution in [2.75, 3.05) is 0 Å². The molecule has 114 valence electrons. The minimum Gasteiger partial charge on any atom is -0.467 e. The highest BCUT2D eigenvalue weighted by molar-refractivity contribution is 5.91. The first kappa shape index (κ1) is 15.4. The van der Waals surface area contributed by atoms with Gasteiger partial charge in [0.1, 0.15) is 17.6 Å². The van der Waals surface area contributed by atoms with E-state index >= 15 is 0 Å². The Hall–Kier alpha value is -2.01. The van der Waals surface area contributed by atoms with E-state index in [9.17, 15) is 9.90 Å². The smallest absolute Gasteiger partial charge is 0.287 e. The molecule has 0 saturated carbocycles. The number of aryl methyl sites for hydroxylation is 2. The molecule has 1 amide bonds. The van der Waals surface area contributed by atoms with Crippen LogP contribution in [0.1, 0.15) is 54.0 Å². The largest absolute Gasteiger partial charge is 0.467 e. The van der Waals surface area contributed by atoms with Crippen LogP contribution in [0.15, 0.2) is 33.3 Å². The molecule has 0 fully saturated rings. The van der Waals surface area contributed by atoms with Crippen molar-refractivity contribution in [1.29, 1.82) is 0 Å². The molecule has 2 rings (SSSR count). The van der Waals surface area contributed by atoms with Gasteiger partial charge in [-0.25, -0.2) is 0 Å². The molecule has 0 aliphatic heterocycles. The summed E-state index contributed by atoms with van der Waals surface area (Å²) in [6.07, 6.45) is 1.91. The van der Waals surface area contributed by atoms with E-state index in [0.29, 0.717) is 17.9 Å². The third-order valence-electron chi connectivity index (χ3n) is 3.39. The highest BCUT2D eigenvalue weighted by Gasteiger charge is 2.19. The van der Waals surface area contributed by atoms with Crippen molar-refractivity contribution in [1.82, 2.24) is 5.32 Å². The SMILES string of the molecule is CCc1oc(C(=O)NC(C)CC(O)c2ccco2)cc1C. The van der Waals surface area contributed by atoms with Gasteiger partial charge in [0.25, 0.3) is 5.91 Å². The lowest BCUT2D eigenvalue weighted by Gasteiger charge is -2.15. The number of amides is 1. The summed E-state index contributed by atoms with van der Waals surface area (Å²) >= 11 is 0. The van der Waals surface area contributed by atoms with Crippen LogP contribution in [0, 0.1) is 6.92 Å². The first-order chi connectivity index (χ1) is 10.0. The Labute approximate surface area is 124 Å². The minimum absolute atomic E-state index is 0.201. The highest BCUT2D eigenvalue weighted by Crippen LogP contribution is 2.19. The number of carbonyl (C=O) groups is 1. The van der Waals surface area contributed by atoms with Gasteiger partial charge in [-0.05, 0) is 37.6 Å². The van der Waals surface area contributed by atoms with Crippen LogP contribution < -0.4 is 5.32 Å². The Morgan fingerprint density at radius 3 is 2.81 bits per heavy atom. The van der Waals surface area contributed by atoms with Gasteiger partial charge in [0.15, 0.2) is 5.76 Å². The monoisotopic (exact) mass is 291 g/mol. The van der Waals surface area contributed by atoms with Crippen molar-refractivity contribution in [3.63, 3.8) is 0 Å². The molecule has 0 radical (unpaired) electrons. The van der Waals surface area contributed by atoms with E-state index in [1.807, 2.05) is 20.8 Å². The average molecular weight is 291 g/mol. The van der Waals surface area contributed by atoms with E-state index < -0.39 is 6.10 Å².